The molecule has 4 rings (SSSR count). The summed E-state index contributed by atoms with van der Waals surface area (Å²) in [6.07, 6.45) is 4.87. The van der Waals surface area contributed by atoms with Crippen molar-refractivity contribution in [3.8, 4) is 0 Å². The van der Waals surface area contributed by atoms with Crippen molar-refractivity contribution in [3.63, 3.8) is 0 Å². The maximum absolute atomic E-state index is 10.5. The zero-order valence-corrected chi connectivity index (χ0v) is 13.1. The van der Waals surface area contributed by atoms with E-state index in [1.807, 2.05) is 42.1 Å². The van der Waals surface area contributed by atoms with Crippen LogP contribution in [-0.4, -0.2) is 32.7 Å². The number of fused-ring (bicyclic) bond motifs is 1. The van der Waals surface area contributed by atoms with E-state index in [0.717, 1.165) is 42.9 Å². The molecule has 0 spiro atoms. The number of hydrogen-bond donors (Lipinski definition) is 1. The molecule has 0 aliphatic carbocycles. The van der Waals surface area contributed by atoms with Crippen LogP contribution in [0.3, 0.4) is 0 Å². The van der Waals surface area contributed by atoms with Crippen LogP contribution in [0.2, 0.25) is 0 Å². The lowest BCUT2D eigenvalue weighted by atomic mass is 9.91. The van der Waals surface area contributed by atoms with Gasteiger partial charge in [0.05, 0.1) is 0 Å². The third-order valence-electron chi connectivity index (χ3n) is 4.66. The fourth-order valence-corrected chi connectivity index (χ4v) is 3.27. The summed E-state index contributed by atoms with van der Waals surface area (Å²) in [7, 11) is 1.92. The molecule has 0 radical (unpaired) electrons. The van der Waals surface area contributed by atoms with Gasteiger partial charge in [0.2, 0.25) is 0 Å². The van der Waals surface area contributed by atoms with Gasteiger partial charge in [-0.05, 0) is 30.9 Å². The number of oxazole rings is 1. The fourth-order valence-electron chi connectivity index (χ4n) is 3.27. The van der Waals surface area contributed by atoms with Crippen molar-refractivity contribution in [2.45, 2.75) is 18.9 Å². The van der Waals surface area contributed by atoms with Crippen molar-refractivity contribution < 1.29 is 9.52 Å². The molecule has 6 heteroatoms. The molecule has 1 unspecified atom stereocenters. The predicted molar refractivity (Wildman–Crippen MR) is 87.1 cm³/mol. The van der Waals surface area contributed by atoms with Gasteiger partial charge < -0.3 is 19.0 Å². The smallest absolute Gasteiger partial charge is 0.298 e. The van der Waals surface area contributed by atoms with Gasteiger partial charge in [0, 0.05) is 32.5 Å². The van der Waals surface area contributed by atoms with E-state index in [1.165, 1.54) is 0 Å². The average Bonchev–Trinajstić information content (AvgIpc) is 3.20. The number of hydrogen-bond acceptors (Lipinski definition) is 5. The zero-order valence-electron chi connectivity index (χ0n) is 13.1. The highest BCUT2D eigenvalue weighted by Crippen LogP contribution is 2.32. The number of nitrogens with zero attached hydrogens (tertiary/aromatic N) is 4. The van der Waals surface area contributed by atoms with Gasteiger partial charge in [0.1, 0.15) is 17.4 Å². The maximum atomic E-state index is 10.5. The number of anilines is 1. The molecule has 1 aliphatic heterocycles. The number of aryl methyl sites for hydroxylation is 1. The lowest BCUT2D eigenvalue weighted by molar-refractivity contribution is 0.0819. The Kier molecular flexibility index (Phi) is 3.53. The third-order valence-corrected chi connectivity index (χ3v) is 4.66. The largest absolute Gasteiger partial charge is 0.423 e. The number of aliphatic hydroxyl groups is 1. The van der Waals surface area contributed by atoms with E-state index in [4.69, 9.17) is 4.42 Å². The summed E-state index contributed by atoms with van der Waals surface area (Å²) in [6, 6.07) is 8.48. The molecule has 0 bridgehead atoms. The summed E-state index contributed by atoms with van der Waals surface area (Å²) >= 11 is 0. The average molecular weight is 312 g/mol. The lowest BCUT2D eigenvalue weighted by Crippen LogP contribution is -2.36. The Morgan fingerprint density at radius 3 is 2.74 bits per heavy atom. The summed E-state index contributed by atoms with van der Waals surface area (Å²) in [6.45, 7) is 1.66. The maximum Gasteiger partial charge on any atom is 0.298 e. The number of aromatic nitrogens is 3. The zero-order chi connectivity index (χ0) is 15.8. The number of piperidine rings is 1. The van der Waals surface area contributed by atoms with Gasteiger partial charge in [0.15, 0.2) is 5.58 Å². The first kappa shape index (κ1) is 14.3. The van der Waals surface area contributed by atoms with Crippen molar-refractivity contribution >= 4 is 17.1 Å². The molecule has 120 valence electrons. The summed E-state index contributed by atoms with van der Waals surface area (Å²) in [5.41, 5.74) is 1.70. The minimum absolute atomic E-state index is 0.219. The van der Waals surface area contributed by atoms with E-state index in [-0.39, 0.29) is 5.92 Å². The molecule has 1 aliphatic rings. The van der Waals surface area contributed by atoms with E-state index in [9.17, 15) is 5.11 Å². The minimum atomic E-state index is -0.513. The molecule has 1 atom stereocenters. The molecule has 23 heavy (non-hydrogen) atoms. The van der Waals surface area contributed by atoms with Crippen LogP contribution in [0.1, 0.15) is 24.8 Å². The van der Waals surface area contributed by atoms with Crippen molar-refractivity contribution in [2.75, 3.05) is 18.0 Å². The van der Waals surface area contributed by atoms with E-state index >= 15 is 0 Å². The van der Waals surface area contributed by atoms with Gasteiger partial charge in [-0.1, -0.05) is 12.1 Å². The summed E-state index contributed by atoms with van der Waals surface area (Å²) < 4.78 is 7.72. The van der Waals surface area contributed by atoms with Crippen LogP contribution in [0, 0.1) is 5.92 Å². The van der Waals surface area contributed by atoms with Gasteiger partial charge in [-0.25, -0.2) is 4.98 Å². The quantitative estimate of drug-likeness (QED) is 0.805. The Morgan fingerprint density at radius 2 is 2.04 bits per heavy atom. The first-order valence-electron chi connectivity index (χ1n) is 7.98. The minimum Gasteiger partial charge on any atom is -0.423 e. The standard InChI is InChI=1S/C17H20N4O2/c1-20-11-8-18-16(20)15(22)12-6-9-21(10-7-12)17-19-13-4-2-3-5-14(13)23-17/h2-5,8,11-12,15,22H,6-7,9-10H2,1H3. The van der Waals surface area contributed by atoms with E-state index < -0.39 is 6.10 Å². The second-order valence-corrected chi connectivity index (χ2v) is 6.13. The summed E-state index contributed by atoms with van der Waals surface area (Å²) in [5, 5.41) is 10.5. The Labute approximate surface area is 134 Å². The van der Waals surface area contributed by atoms with Gasteiger partial charge in [0.25, 0.3) is 6.01 Å². The van der Waals surface area contributed by atoms with E-state index in [0.29, 0.717) is 6.01 Å². The molecular weight excluding hydrogens is 292 g/mol. The van der Waals surface area contributed by atoms with Crippen LogP contribution in [-0.2, 0) is 7.05 Å². The van der Waals surface area contributed by atoms with Crippen LogP contribution >= 0.6 is 0 Å². The summed E-state index contributed by atoms with van der Waals surface area (Å²) in [5.74, 6) is 0.960. The summed E-state index contributed by atoms with van der Waals surface area (Å²) in [4.78, 5) is 11.0. The van der Waals surface area contributed by atoms with Gasteiger partial charge in [-0.2, -0.15) is 4.98 Å². The molecular formula is C17H20N4O2. The molecule has 2 aromatic heterocycles. The number of rotatable bonds is 3. The molecule has 3 aromatic rings. The second-order valence-electron chi connectivity index (χ2n) is 6.13. The molecule has 1 N–H and O–H groups in total. The highest BCUT2D eigenvalue weighted by atomic mass is 16.4. The topological polar surface area (TPSA) is 67.3 Å². The Balaban J connectivity index is 1.45. The Bertz CT molecular complexity index is 769. The van der Waals surface area contributed by atoms with Crippen molar-refractivity contribution in [2.24, 2.45) is 13.0 Å². The third kappa shape index (κ3) is 2.59. The second kappa shape index (κ2) is 5.70. The van der Waals surface area contributed by atoms with Crippen LogP contribution < -0.4 is 4.90 Å². The number of benzene rings is 1. The molecule has 1 saturated heterocycles. The normalized spacial score (nSPS) is 17.7. The van der Waals surface area contributed by atoms with E-state index in [2.05, 4.69) is 14.9 Å². The highest BCUT2D eigenvalue weighted by Gasteiger charge is 2.29. The van der Waals surface area contributed by atoms with Crippen molar-refractivity contribution in [3.05, 3.63) is 42.5 Å². The fraction of sp³-hybridized carbons (Fsp3) is 0.412. The van der Waals surface area contributed by atoms with Gasteiger partial charge >= 0.3 is 0 Å². The Hall–Kier alpha value is -2.34. The Morgan fingerprint density at radius 1 is 1.26 bits per heavy atom. The van der Waals surface area contributed by atoms with Gasteiger partial charge in [-0.15, -0.1) is 0 Å². The van der Waals surface area contributed by atoms with Crippen LogP contribution in [0.5, 0.6) is 0 Å². The SMILES string of the molecule is Cn1ccnc1C(O)C1CCN(c2nc3ccccc3o2)CC1. The highest BCUT2D eigenvalue weighted by molar-refractivity contribution is 5.74. The van der Waals surface area contributed by atoms with Crippen LogP contribution in [0.4, 0.5) is 6.01 Å². The molecule has 0 amide bonds. The molecule has 0 saturated carbocycles. The predicted octanol–water partition coefficient (Wildman–Crippen LogP) is 2.51. The first-order valence-corrected chi connectivity index (χ1v) is 7.98. The monoisotopic (exact) mass is 312 g/mol. The number of imidazole rings is 1. The van der Waals surface area contributed by atoms with Crippen LogP contribution in [0.15, 0.2) is 41.1 Å². The van der Waals surface area contributed by atoms with E-state index in [1.54, 1.807) is 6.20 Å². The van der Waals surface area contributed by atoms with Crippen molar-refractivity contribution in [1.82, 2.24) is 14.5 Å². The molecule has 1 aromatic carbocycles. The lowest BCUT2D eigenvalue weighted by Gasteiger charge is -2.33. The molecule has 6 nitrogen and oxygen atoms in total. The molecule has 3 heterocycles. The first-order chi connectivity index (χ1) is 11.2. The number of aliphatic hydroxyl groups excluding tert-OH is 1. The number of para-hydroxylation sites is 2. The van der Waals surface area contributed by atoms with Crippen molar-refractivity contribution in [1.29, 1.82) is 0 Å². The van der Waals surface area contributed by atoms with Gasteiger partial charge in [-0.3, -0.25) is 0 Å². The van der Waals surface area contributed by atoms with Crippen LogP contribution in [0.25, 0.3) is 11.1 Å². The molecule has 1 fully saturated rings.